The van der Waals surface area contributed by atoms with Gasteiger partial charge in [-0.05, 0) is 12.1 Å². The van der Waals surface area contributed by atoms with Crippen LogP contribution in [0.4, 0.5) is 0 Å². The van der Waals surface area contributed by atoms with Crippen molar-refractivity contribution < 1.29 is 13.2 Å². The number of benzene rings is 1. The van der Waals surface area contributed by atoms with Crippen molar-refractivity contribution in [3.8, 4) is 0 Å². The van der Waals surface area contributed by atoms with Gasteiger partial charge >= 0.3 is 0 Å². The Balaban J connectivity index is 2.42. The van der Waals surface area contributed by atoms with E-state index in [1.54, 1.807) is 6.07 Å². The number of rotatable bonds is 3. The van der Waals surface area contributed by atoms with E-state index in [0.29, 0.717) is 6.61 Å². The Labute approximate surface area is 97.9 Å². The maximum atomic E-state index is 11.9. The third kappa shape index (κ3) is 2.45. The highest BCUT2D eigenvalue weighted by Gasteiger charge is 2.32. The van der Waals surface area contributed by atoms with Crippen LogP contribution in [0.5, 0.6) is 0 Å². The number of sulfone groups is 1. The van der Waals surface area contributed by atoms with Crippen LogP contribution >= 0.6 is 23.2 Å². The summed E-state index contributed by atoms with van der Waals surface area (Å²) < 4.78 is 28.6. The van der Waals surface area contributed by atoms with E-state index >= 15 is 0 Å². The quantitative estimate of drug-likeness (QED) is 0.788. The maximum Gasteiger partial charge on any atom is 0.183 e. The highest BCUT2D eigenvalue weighted by molar-refractivity contribution is 7.91. The first-order chi connectivity index (χ1) is 7.00. The van der Waals surface area contributed by atoms with Crippen molar-refractivity contribution in [2.75, 3.05) is 12.4 Å². The van der Waals surface area contributed by atoms with Gasteiger partial charge in [0, 0.05) is 0 Å². The molecule has 1 aromatic carbocycles. The van der Waals surface area contributed by atoms with Crippen molar-refractivity contribution in [2.45, 2.75) is 11.0 Å². The van der Waals surface area contributed by atoms with Crippen LogP contribution in [0.15, 0.2) is 23.1 Å². The fourth-order valence-corrected chi connectivity index (χ4v) is 3.95. The van der Waals surface area contributed by atoms with E-state index in [-0.39, 0.29) is 26.8 Å². The molecule has 1 heterocycles. The van der Waals surface area contributed by atoms with Crippen LogP contribution in [-0.4, -0.2) is 26.9 Å². The highest BCUT2D eigenvalue weighted by Crippen LogP contribution is 2.31. The molecule has 0 bridgehead atoms. The van der Waals surface area contributed by atoms with Gasteiger partial charge in [-0.2, -0.15) is 0 Å². The van der Waals surface area contributed by atoms with Gasteiger partial charge in [-0.1, -0.05) is 29.3 Å². The lowest BCUT2D eigenvalue weighted by Crippen LogP contribution is -2.12. The van der Waals surface area contributed by atoms with Crippen LogP contribution in [0.25, 0.3) is 0 Å². The molecule has 0 amide bonds. The molecule has 3 nitrogen and oxygen atoms in total. The van der Waals surface area contributed by atoms with Gasteiger partial charge in [0.1, 0.15) is 4.90 Å². The minimum atomic E-state index is -3.45. The zero-order chi connectivity index (χ0) is 11.1. The monoisotopic (exact) mass is 266 g/mol. The Bertz CT molecular complexity index is 460. The molecule has 0 spiro atoms. The van der Waals surface area contributed by atoms with Crippen LogP contribution in [0.3, 0.4) is 0 Å². The van der Waals surface area contributed by atoms with Crippen LogP contribution in [0.2, 0.25) is 10.0 Å². The molecule has 1 aliphatic heterocycles. The summed E-state index contributed by atoms with van der Waals surface area (Å²) in [7, 11) is -3.45. The van der Waals surface area contributed by atoms with E-state index in [0.717, 1.165) is 0 Å². The zero-order valence-corrected chi connectivity index (χ0v) is 9.94. The minimum Gasteiger partial charge on any atom is -0.372 e. The van der Waals surface area contributed by atoms with E-state index in [9.17, 15) is 8.42 Å². The fourth-order valence-electron chi connectivity index (χ4n) is 1.27. The van der Waals surface area contributed by atoms with E-state index in [4.69, 9.17) is 27.9 Å². The molecule has 6 heteroatoms. The smallest absolute Gasteiger partial charge is 0.183 e. The first kappa shape index (κ1) is 11.2. The third-order valence-electron chi connectivity index (χ3n) is 2.04. The number of halogens is 2. The number of hydrogen-bond acceptors (Lipinski definition) is 3. The van der Waals surface area contributed by atoms with Gasteiger partial charge in [0.2, 0.25) is 0 Å². The molecule has 1 aliphatic rings. The van der Waals surface area contributed by atoms with Crippen molar-refractivity contribution in [1.82, 2.24) is 0 Å². The summed E-state index contributed by atoms with van der Waals surface area (Å²) in [6.07, 6.45) is -0.206. The molecule has 0 radical (unpaired) electrons. The molecular weight excluding hydrogens is 259 g/mol. The summed E-state index contributed by atoms with van der Waals surface area (Å²) in [5.41, 5.74) is 0. The van der Waals surface area contributed by atoms with Gasteiger partial charge in [0.05, 0.1) is 28.5 Å². The standard InChI is InChI=1S/C9H8Cl2O3S/c10-7-2-1-3-8(11)9(7)15(12,13)5-6-4-14-6/h1-3,6H,4-5H2. The summed E-state index contributed by atoms with van der Waals surface area (Å²) in [5, 5.41) is 0.311. The first-order valence-corrected chi connectivity index (χ1v) is 6.70. The number of hydrogen-bond donors (Lipinski definition) is 0. The second-order valence-electron chi connectivity index (χ2n) is 3.29. The maximum absolute atomic E-state index is 11.9. The third-order valence-corrected chi connectivity index (χ3v) is 4.76. The molecule has 0 saturated carbocycles. The Morgan fingerprint density at radius 2 is 1.87 bits per heavy atom. The fraction of sp³-hybridized carbons (Fsp3) is 0.333. The average molecular weight is 267 g/mol. The van der Waals surface area contributed by atoms with Crippen LogP contribution in [-0.2, 0) is 14.6 Å². The average Bonchev–Trinajstić information content (AvgIpc) is 2.86. The highest BCUT2D eigenvalue weighted by atomic mass is 35.5. The van der Waals surface area contributed by atoms with E-state index in [2.05, 4.69) is 0 Å². The molecule has 15 heavy (non-hydrogen) atoms. The Hall–Kier alpha value is -0.290. The topological polar surface area (TPSA) is 46.7 Å². The van der Waals surface area contributed by atoms with Gasteiger partial charge < -0.3 is 4.74 Å². The summed E-state index contributed by atoms with van der Waals surface area (Å²) in [6, 6.07) is 4.62. The van der Waals surface area contributed by atoms with Crippen LogP contribution < -0.4 is 0 Å². The lowest BCUT2D eigenvalue weighted by molar-refractivity contribution is 0.422. The lowest BCUT2D eigenvalue weighted by atomic mass is 10.4. The van der Waals surface area contributed by atoms with Gasteiger partial charge in [0.25, 0.3) is 0 Å². The Kier molecular flexibility index (Phi) is 2.94. The normalized spacial score (nSPS) is 20.3. The summed E-state index contributed by atoms with van der Waals surface area (Å²) in [5.74, 6) is -0.0591. The molecule has 1 aromatic rings. The van der Waals surface area contributed by atoms with Gasteiger partial charge in [-0.3, -0.25) is 0 Å². The van der Waals surface area contributed by atoms with Crippen molar-refractivity contribution in [3.05, 3.63) is 28.2 Å². The van der Waals surface area contributed by atoms with Crippen molar-refractivity contribution >= 4 is 33.0 Å². The Morgan fingerprint density at radius 3 is 2.33 bits per heavy atom. The molecule has 1 unspecified atom stereocenters. The molecule has 1 fully saturated rings. The van der Waals surface area contributed by atoms with Crippen LogP contribution in [0.1, 0.15) is 0 Å². The van der Waals surface area contributed by atoms with Gasteiger partial charge in [-0.15, -0.1) is 0 Å². The van der Waals surface area contributed by atoms with E-state index in [1.165, 1.54) is 12.1 Å². The van der Waals surface area contributed by atoms with Gasteiger partial charge in [0.15, 0.2) is 9.84 Å². The van der Waals surface area contributed by atoms with Crippen molar-refractivity contribution in [1.29, 1.82) is 0 Å². The molecule has 1 saturated heterocycles. The number of epoxide rings is 1. The minimum absolute atomic E-state index is 0.00355. The Morgan fingerprint density at radius 1 is 1.33 bits per heavy atom. The van der Waals surface area contributed by atoms with Crippen LogP contribution in [0, 0.1) is 0 Å². The van der Waals surface area contributed by atoms with Crippen molar-refractivity contribution in [3.63, 3.8) is 0 Å². The molecule has 82 valence electrons. The van der Waals surface area contributed by atoms with E-state index in [1.807, 2.05) is 0 Å². The largest absolute Gasteiger partial charge is 0.372 e. The summed E-state index contributed by atoms with van der Waals surface area (Å²) in [6.45, 7) is 0.487. The van der Waals surface area contributed by atoms with Crippen molar-refractivity contribution in [2.24, 2.45) is 0 Å². The number of ether oxygens (including phenoxy) is 1. The molecule has 0 N–H and O–H groups in total. The predicted octanol–water partition coefficient (Wildman–Crippen LogP) is 2.17. The SMILES string of the molecule is O=S(=O)(CC1CO1)c1c(Cl)cccc1Cl. The molecular formula is C9H8Cl2O3S. The molecule has 0 aromatic heterocycles. The first-order valence-electron chi connectivity index (χ1n) is 4.29. The predicted molar refractivity (Wildman–Crippen MR) is 58.3 cm³/mol. The molecule has 2 rings (SSSR count). The molecule has 0 aliphatic carbocycles. The van der Waals surface area contributed by atoms with Gasteiger partial charge in [-0.25, -0.2) is 8.42 Å². The lowest BCUT2D eigenvalue weighted by Gasteiger charge is -2.06. The summed E-state index contributed by atoms with van der Waals surface area (Å²) in [4.78, 5) is 0.00355. The second kappa shape index (κ2) is 3.94. The molecule has 1 atom stereocenters. The zero-order valence-electron chi connectivity index (χ0n) is 7.61. The second-order valence-corrected chi connectivity index (χ2v) is 6.07. The summed E-state index contributed by atoms with van der Waals surface area (Å²) >= 11 is 11.6. The van der Waals surface area contributed by atoms with E-state index < -0.39 is 9.84 Å².